The third kappa shape index (κ3) is 3.76. The Morgan fingerprint density at radius 2 is 2.05 bits per heavy atom. The number of nitrogens with one attached hydrogen (secondary N) is 1. The van der Waals surface area contributed by atoms with Crippen LogP contribution >= 0.6 is 15.9 Å². The molecular formula is C13H19BrN4O. The smallest absolute Gasteiger partial charge is 0.265 e. The molecular weight excluding hydrogens is 308 g/mol. The molecule has 1 heterocycles. The first kappa shape index (κ1) is 14.5. The van der Waals surface area contributed by atoms with E-state index in [1.165, 1.54) is 5.56 Å². The fourth-order valence-electron chi connectivity index (χ4n) is 2.15. The Hall–Kier alpha value is -0.950. The average Bonchev–Trinajstić information content (AvgIpc) is 2.42. The molecule has 0 bridgehead atoms. The maximum atomic E-state index is 11.4. The fourth-order valence-corrected chi connectivity index (χ4v) is 2.65. The lowest BCUT2D eigenvalue weighted by atomic mass is 10.1. The molecule has 104 valence electrons. The normalized spacial score (nSPS) is 17.4. The number of amides is 1. The summed E-state index contributed by atoms with van der Waals surface area (Å²) < 4.78 is 0.951. The number of hydrogen-bond donors (Lipinski definition) is 2. The summed E-state index contributed by atoms with van der Waals surface area (Å²) in [5.41, 5.74) is 3.90. The van der Waals surface area contributed by atoms with E-state index in [1.807, 2.05) is 12.1 Å². The Morgan fingerprint density at radius 3 is 2.63 bits per heavy atom. The SMILES string of the molecule is CN1CCN(Cc2ccc(C(=O)NN)cc2Br)CC1. The summed E-state index contributed by atoms with van der Waals surface area (Å²) in [6.45, 7) is 5.26. The molecule has 0 atom stereocenters. The molecule has 1 fully saturated rings. The van der Waals surface area contributed by atoms with Crippen LogP contribution in [0, 0.1) is 0 Å². The van der Waals surface area contributed by atoms with Crippen LogP contribution in [-0.4, -0.2) is 48.9 Å². The molecule has 2 rings (SSSR count). The van der Waals surface area contributed by atoms with Gasteiger partial charge in [0.1, 0.15) is 0 Å². The Labute approximate surface area is 121 Å². The molecule has 0 unspecified atom stereocenters. The maximum Gasteiger partial charge on any atom is 0.265 e. The highest BCUT2D eigenvalue weighted by Crippen LogP contribution is 2.21. The Balaban J connectivity index is 2.03. The molecule has 1 saturated heterocycles. The van der Waals surface area contributed by atoms with Crippen molar-refractivity contribution in [3.63, 3.8) is 0 Å². The van der Waals surface area contributed by atoms with Gasteiger partial charge in [-0.3, -0.25) is 15.1 Å². The second-order valence-corrected chi connectivity index (χ2v) is 5.71. The van der Waals surface area contributed by atoms with Gasteiger partial charge in [0.15, 0.2) is 0 Å². The largest absolute Gasteiger partial charge is 0.304 e. The lowest BCUT2D eigenvalue weighted by Crippen LogP contribution is -2.43. The lowest BCUT2D eigenvalue weighted by molar-refractivity contribution is 0.0953. The van der Waals surface area contributed by atoms with Crippen LogP contribution in [-0.2, 0) is 6.54 Å². The van der Waals surface area contributed by atoms with Gasteiger partial charge in [-0.2, -0.15) is 0 Å². The van der Waals surface area contributed by atoms with Crippen molar-refractivity contribution in [3.05, 3.63) is 33.8 Å². The summed E-state index contributed by atoms with van der Waals surface area (Å²) in [6, 6.07) is 5.60. The van der Waals surface area contributed by atoms with Crippen LogP contribution in [0.25, 0.3) is 0 Å². The standard InChI is InChI=1S/C13H19BrN4O/c1-17-4-6-18(7-5-17)9-11-3-2-10(8-12(11)14)13(19)16-15/h2-3,8H,4-7,9,15H2,1H3,(H,16,19). The minimum absolute atomic E-state index is 0.271. The van der Waals surface area contributed by atoms with E-state index < -0.39 is 0 Å². The van der Waals surface area contributed by atoms with Gasteiger partial charge >= 0.3 is 0 Å². The number of hydrazine groups is 1. The zero-order valence-corrected chi connectivity index (χ0v) is 12.6. The van der Waals surface area contributed by atoms with Crippen molar-refractivity contribution in [2.75, 3.05) is 33.2 Å². The van der Waals surface area contributed by atoms with E-state index >= 15 is 0 Å². The number of carbonyl (C=O) groups is 1. The highest BCUT2D eigenvalue weighted by Gasteiger charge is 2.15. The van der Waals surface area contributed by atoms with E-state index in [4.69, 9.17) is 5.84 Å². The summed E-state index contributed by atoms with van der Waals surface area (Å²) >= 11 is 3.53. The molecule has 0 saturated carbocycles. The third-order valence-corrected chi connectivity index (χ3v) is 4.17. The van der Waals surface area contributed by atoms with Crippen LogP contribution in [0.2, 0.25) is 0 Å². The number of piperazine rings is 1. The van der Waals surface area contributed by atoms with Gasteiger partial charge < -0.3 is 4.90 Å². The van der Waals surface area contributed by atoms with Gasteiger partial charge in [-0.1, -0.05) is 22.0 Å². The summed E-state index contributed by atoms with van der Waals surface area (Å²) in [4.78, 5) is 16.2. The van der Waals surface area contributed by atoms with Crippen molar-refractivity contribution >= 4 is 21.8 Å². The Kier molecular flexibility index (Phi) is 4.93. The number of halogens is 1. The van der Waals surface area contributed by atoms with Crippen LogP contribution < -0.4 is 11.3 Å². The van der Waals surface area contributed by atoms with Crippen LogP contribution in [0.5, 0.6) is 0 Å². The minimum Gasteiger partial charge on any atom is -0.304 e. The summed E-state index contributed by atoms with van der Waals surface area (Å²) in [5, 5.41) is 0. The Bertz CT molecular complexity index is 458. The molecule has 1 aromatic carbocycles. The molecule has 19 heavy (non-hydrogen) atoms. The highest BCUT2D eigenvalue weighted by atomic mass is 79.9. The number of likely N-dealkylation sites (N-methyl/N-ethyl adjacent to an activating group) is 1. The van der Waals surface area contributed by atoms with E-state index in [0.717, 1.165) is 37.2 Å². The molecule has 6 heteroatoms. The van der Waals surface area contributed by atoms with E-state index in [9.17, 15) is 4.79 Å². The van der Waals surface area contributed by atoms with E-state index in [0.29, 0.717) is 5.56 Å². The fraction of sp³-hybridized carbons (Fsp3) is 0.462. The van der Waals surface area contributed by atoms with Gasteiger partial charge in [0.25, 0.3) is 5.91 Å². The molecule has 0 aliphatic carbocycles. The van der Waals surface area contributed by atoms with Gasteiger partial charge in [0.2, 0.25) is 0 Å². The molecule has 1 aromatic rings. The van der Waals surface area contributed by atoms with Gasteiger partial charge in [0.05, 0.1) is 0 Å². The molecule has 1 aliphatic heterocycles. The van der Waals surface area contributed by atoms with Crippen molar-refractivity contribution in [2.24, 2.45) is 5.84 Å². The predicted octanol–water partition coefficient (Wildman–Crippen LogP) is 0.800. The first-order chi connectivity index (χ1) is 9.10. The number of benzene rings is 1. The van der Waals surface area contributed by atoms with Crippen LogP contribution in [0.1, 0.15) is 15.9 Å². The van der Waals surface area contributed by atoms with Crippen molar-refractivity contribution in [3.8, 4) is 0 Å². The van der Waals surface area contributed by atoms with Gasteiger partial charge in [-0.25, -0.2) is 5.84 Å². The number of nitrogens with two attached hydrogens (primary N) is 1. The second kappa shape index (κ2) is 6.47. The first-order valence-electron chi connectivity index (χ1n) is 6.30. The van der Waals surface area contributed by atoms with Gasteiger partial charge in [0, 0.05) is 42.8 Å². The van der Waals surface area contributed by atoms with Gasteiger partial charge in [-0.05, 0) is 24.7 Å². The van der Waals surface area contributed by atoms with Crippen molar-refractivity contribution in [1.82, 2.24) is 15.2 Å². The van der Waals surface area contributed by atoms with Crippen LogP contribution in [0.4, 0.5) is 0 Å². The number of nitrogen functional groups attached to an aromatic ring is 1. The molecule has 1 amide bonds. The number of nitrogens with zero attached hydrogens (tertiary/aromatic N) is 2. The summed E-state index contributed by atoms with van der Waals surface area (Å²) in [5.74, 6) is 4.86. The molecule has 1 aliphatic rings. The summed E-state index contributed by atoms with van der Waals surface area (Å²) in [6.07, 6.45) is 0. The summed E-state index contributed by atoms with van der Waals surface area (Å²) in [7, 11) is 2.15. The van der Waals surface area contributed by atoms with Crippen molar-refractivity contribution < 1.29 is 4.79 Å². The van der Waals surface area contributed by atoms with Gasteiger partial charge in [-0.15, -0.1) is 0 Å². The van der Waals surface area contributed by atoms with E-state index in [-0.39, 0.29) is 5.91 Å². The zero-order chi connectivity index (χ0) is 13.8. The number of rotatable bonds is 3. The van der Waals surface area contributed by atoms with Crippen molar-refractivity contribution in [2.45, 2.75) is 6.54 Å². The number of hydrogen-bond acceptors (Lipinski definition) is 4. The Morgan fingerprint density at radius 1 is 1.37 bits per heavy atom. The molecule has 3 N–H and O–H groups in total. The van der Waals surface area contributed by atoms with E-state index in [2.05, 4.69) is 38.2 Å². The monoisotopic (exact) mass is 326 g/mol. The molecule has 0 radical (unpaired) electrons. The topological polar surface area (TPSA) is 61.6 Å². The van der Waals surface area contributed by atoms with Crippen molar-refractivity contribution in [1.29, 1.82) is 0 Å². The maximum absolute atomic E-state index is 11.4. The third-order valence-electron chi connectivity index (χ3n) is 3.44. The van der Waals surface area contributed by atoms with Crippen LogP contribution in [0.15, 0.2) is 22.7 Å². The highest BCUT2D eigenvalue weighted by molar-refractivity contribution is 9.10. The molecule has 0 aromatic heterocycles. The lowest BCUT2D eigenvalue weighted by Gasteiger charge is -2.32. The van der Waals surface area contributed by atoms with E-state index in [1.54, 1.807) is 6.07 Å². The zero-order valence-electron chi connectivity index (χ0n) is 11.0. The quantitative estimate of drug-likeness (QED) is 0.490. The molecule has 5 nitrogen and oxygen atoms in total. The first-order valence-corrected chi connectivity index (χ1v) is 7.09. The minimum atomic E-state index is -0.271. The average molecular weight is 327 g/mol. The predicted molar refractivity (Wildman–Crippen MR) is 78.6 cm³/mol. The number of carbonyl (C=O) groups excluding carboxylic acids is 1. The molecule has 0 spiro atoms. The van der Waals surface area contributed by atoms with Crippen LogP contribution in [0.3, 0.4) is 0 Å². The second-order valence-electron chi connectivity index (χ2n) is 4.86.